The van der Waals surface area contributed by atoms with Gasteiger partial charge in [-0.25, -0.2) is 0 Å². The molecule has 0 aromatic heterocycles. The first-order chi connectivity index (χ1) is 11.5. The summed E-state index contributed by atoms with van der Waals surface area (Å²) in [5.74, 6) is 1.97. The summed E-state index contributed by atoms with van der Waals surface area (Å²) in [6, 6.07) is 15.2. The second-order valence-corrected chi connectivity index (χ2v) is 7.58. The largest absolute Gasteiger partial charge is 0.294 e. The maximum atomic E-state index is 12.2. The van der Waals surface area contributed by atoms with Gasteiger partial charge in [-0.2, -0.15) is 0 Å². The molecule has 24 heavy (non-hydrogen) atoms. The molecule has 2 atom stereocenters. The zero-order chi connectivity index (χ0) is 17.3. The molecule has 3 rings (SSSR count). The van der Waals surface area contributed by atoms with Crippen LogP contribution in [-0.2, 0) is 6.42 Å². The maximum Gasteiger partial charge on any atom is 0.162 e. The lowest BCUT2D eigenvalue weighted by atomic mass is 9.72. The number of fused-ring (bicyclic) bond motifs is 2. The van der Waals surface area contributed by atoms with Crippen molar-refractivity contribution in [2.75, 3.05) is 0 Å². The molecule has 1 heteroatoms. The molecule has 2 aromatic rings. The lowest BCUT2D eigenvalue weighted by Gasteiger charge is -2.32. The van der Waals surface area contributed by atoms with Crippen molar-refractivity contribution in [3.8, 4) is 0 Å². The van der Waals surface area contributed by atoms with Crippen molar-refractivity contribution in [1.29, 1.82) is 0 Å². The Morgan fingerprint density at radius 2 is 1.75 bits per heavy atom. The van der Waals surface area contributed by atoms with Crippen LogP contribution in [0.2, 0.25) is 0 Å². The minimum atomic E-state index is 0.243. The van der Waals surface area contributed by atoms with E-state index in [0.29, 0.717) is 24.2 Å². The van der Waals surface area contributed by atoms with E-state index in [1.165, 1.54) is 22.3 Å². The Morgan fingerprint density at radius 1 is 1.04 bits per heavy atom. The minimum absolute atomic E-state index is 0.243. The lowest BCUT2D eigenvalue weighted by Crippen LogP contribution is -2.18. The molecule has 1 aliphatic rings. The van der Waals surface area contributed by atoms with Gasteiger partial charge in [0.25, 0.3) is 0 Å². The average molecular weight is 320 g/mol. The zero-order valence-electron chi connectivity index (χ0n) is 15.3. The number of ketones is 1. The highest BCUT2D eigenvalue weighted by Crippen LogP contribution is 2.41. The van der Waals surface area contributed by atoms with Crippen LogP contribution in [-0.4, -0.2) is 5.78 Å². The molecule has 2 aromatic carbocycles. The molecule has 0 aliphatic heterocycles. The first-order valence-corrected chi connectivity index (χ1v) is 9.25. The second kappa shape index (κ2) is 6.93. The van der Waals surface area contributed by atoms with Crippen LogP contribution < -0.4 is 0 Å². The average Bonchev–Trinajstić information content (AvgIpc) is 2.60. The van der Waals surface area contributed by atoms with Crippen molar-refractivity contribution >= 4 is 5.78 Å². The van der Waals surface area contributed by atoms with Gasteiger partial charge in [-0.05, 0) is 53.0 Å². The van der Waals surface area contributed by atoms with Gasteiger partial charge in [-0.1, -0.05) is 64.1 Å². The van der Waals surface area contributed by atoms with Gasteiger partial charge in [0.15, 0.2) is 5.78 Å². The summed E-state index contributed by atoms with van der Waals surface area (Å²) in [6.45, 7) is 8.90. The van der Waals surface area contributed by atoms with Gasteiger partial charge in [-0.3, -0.25) is 4.79 Å². The van der Waals surface area contributed by atoms with E-state index in [0.717, 1.165) is 18.4 Å². The van der Waals surface area contributed by atoms with Crippen molar-refractivity contribution in [2.24, 2.45) is 11.8 Å². The molecule has 1 nitrogen and oxygen atoms in total. The Kier molecular flexibility index (Phi) is 4.89. The van der Waals surface area contributed by atoms with Crippen molar-refractivity contribution < 1.29 is 4.79 Å². The van der Waals surface area contributed by atoms with E-state index >= 15 is 0 Å². The second-order valence-electron chi connectivity index (χ2n) is 7.58. The smallest absolute Gasteiger partial charge is 0.162 e. The van der Waals surface area contributed by atoms with Crippen LogP contribution >= 0.6 is 0 Å². The van der Waals surface area contributed by atoms with Crippen molar-refractivity contribution in [2.45, 2.75) is 52.9 Å². The number of rotatable bonds is 5. The maximum absolute atomic E-state index is 12.2. The van der Waals surface area contributed by atoms with Gasteiger partial charge < -0.3 is 0 Å². The quantitative estimate of drug-likeness (QED) is 0.618. The molecule has 0 radical (unpaired) electrons. The van der Waals surface area contributed by atoms with Crippen molar-refractivity contribution in [3.63, 3.8) is 0 Å². The third-order valence-corrected chi connectivity index (χ3v) is 5.72. The third kappa shape index (κ3) is 3.17. The van der Waals surface area contributed by atoms with Gasteiger partial charge in [-0.15, -0.1) is 0 Å². The summed E-state index contributed by atoms with van der Waals surface area (Å²) in [5, 5.41) is 0. The highest BCUT2D eigenvalue weighted by atomic mass is 16.1. The van der Waals surface area contributed by atoms with Gasteiger partial charge in [0.2, 0.25) is 0 Å². The summed E-state index contributed by atoms with van der Waals surface area (Å²) in [5.41, 5.74) is 6.54. The third-order valence-electron chi connectivity index (χ3n) is 5.72. The molecule has 0 saturated carbocycles. The summed E-state index contributed by atoms with van der Waals surface area (Å²) < 4.78 is 0. The Hall–Kier alpha value is -1.89. The number of carbonyl (C=O) groups is 1. The van der Waals surface area contributed by atoms with Gasteiger partial charge in [0.1, 0.15) is 0 Å². The summed E-state index contributed by atoms with van der Waals surface area (Å²) in [6.07, 6.45) is 2.70. The fraction of sp³-hybridized carbons (Fsp3) is 0.435. The van der Waals surface area contributed by atoms with Gasteiger partial charge in [0.05, 0.1) is 0 Å². The standard InChI is InChI=1S/C23H28O/c1-5-23(24)19-11-10-18-13-17-8-6-7-9-20(17)22(21(18)14-19)12-16(4)15(2)3/h6-11,14-16,22H,5,12-13H2,1-4H3. The van der Waals surface area contributed by atoms with Gasteiger partial charge in [0, 0.05) is 17.9 Å². The van der Waals surface area contributed by atoms with Crippen molar-refractivity contribution in [3.05, 3.63) is 70.3 Å². The van der Waals surface area contributed by atoms with E-state index in [9.17, 15) is 4.79 Å². The highest BCUT2D eigenvalue weighted by Gasteiger charge is 2.28. The summed E-state index contributed by atoms with van der Waals surface area (Å²) >= 11 is 0. The van der Waals surface area contributed by atoms with Crippen LogP contribution in [0.5, 0.6) is 0 Å². The molecule has 126 valence electrons. The fourth-order valence-corrected chi connectivity index (χ4v) is 3.76. The molecule has 0 heterocycles. The van der Waals surface area contributed by atoms with Crippen LogP contribution in [0.4, 0.5) is 0 Å². The molecule has 0 saturated heterocycles. The molecule has 0 fully saturated rings. The predicted molar refractivity (Wildman–Crippen MR) is 101 cm³/mol. The number of carbonyl (C=O) groups excluding carboxylic acids is 1. The first-order valence-electron chi connectivity index (χ1n) is 9.25. The van der Waals surface area contributed by atoms with Crippen LogP contribution in [0.15, 0.2) is 42.5 Å². The summed E-state index contributed by atoms with van der Waals surface area (Å²) in [4.78, 5) is 12.2. The molecular formula is C23H28O. The van der Waals surface area contributed by atoms with Crippen molar-refractivity contribution in [1.82, 2.24) is 0 Å². The Labute approximate surface area is 146 Å². The number of hydrogen-bond donors (Lipinski definition) is 0. The molecule has 0 amide bonds. The molecular weight excluding hydrogens is 292 g/mol. The Morgan fingerprint density at radius 3 is 2.46 bits per heavy atom. The monoisotopic (exact) mass is 320 g/mol. The predicted octanol–water partition coefficient (Wildman–Crippen LogP) is 6.00. The molecule has 0 bridgehead atoms. The molecule has 0 spiro atoms. The van der Waals surface area contributed by atoms with E-state index in [2.05, 4.69) is 57.2 Å². The summed E-state index contributed by atoms with van der Waals surface area (Å²) in [7, 11) is 0. The van der Waals surface area contributed by atoms with Gasteiger partial charge >= 0.3 is 0 Å². The number of hydrogen-bond acceptors (Lipinski definition) is 1. The lowest BCUT2D eigenvalue weighted by molar-refractivity contribution is 0.0988. The normalized spacial score (nSPS) is 17.3. The zero-order valence-corrected chi connectivity index (χ0v) is 15.3. The SMILES string of the molecule is CCC(=O)c1ccc2c(c1)C(CC(C)C(C)C)c1ccccc1C2. The van der Waals surface area contributed by atoms with Crippen LogP contribution in [0.1, 0.15) is 79.1 Å². The van der Waals surface area contributed by atoms with E-state index in [1.807, 2.05) is 13.0 Å². The Balaban J connectivity index is 2.07. The number of Topliss-reactive ketones (excluding diaryl/α,β-unsaturated/α-hetero) is 1. The topological polar surface area (TPSA) is 17.1 Å². The van der Waals surface area contributed by atoms with E-state index in [-0.39, 0.29) is 5.78 Å². The van der Waals surface area contributed by atoms with Crippen LogP contribution in [0, 0.1) is 11.8 Å². The fourth-order valence-electron chi connectivity index (χ4n) is 3.76. The van der Waals surface area contributed by atoms with E-state index in [4.69, 9.17) is 0 Å². The highest BCUT2D eigenvalue weighted by molar-refractivity contribution is 5.96. The van der Waals surface area contributed by atoms with Crippen LogP contribution in [0.3, 0.4) is 0 Å². The molecule has 0 N–H and O–H groups in total. The van der Waals surface area contributed by atoms with E-state index in [1.54, 1.807) is 0 Å². The number of benzene rings is 2. The first kappa shape index (κ1) is 17.0. The van der Waals surface area contributed by atoms with Crippen LogP contribution in [0.25, 0.3) is 0 Å². The van der Waals surface area contributed by atoms with E-state index < -0.39 is 0 Å². The minimum Gasteiger partial charge on any atom is -0.294 e. The molecule has 1 aliphatic carbocycles. The molecule has 2 unspecified atom stereocenters. The Bertz CT molecular complexity index is 741.